The van der Waals surface area contributed by atoms with Crippen molar-refractivity contribution in [1.82, 2.24) is 0 Å². The van der Waals surface area contributed by atoms with Crippen molar-refractivity contribution in [3.8, 4) is 0 Å². The fourth-order valence-corrected chi connectivity index (χ4v) is 0.731. The van der Waals surface area contributed by atoms with Gasteiger partial charge in [-0.15, -0.1) is 0 Å². The second kappa shape index (κ2) is 2.58. The second-order valence-electron chi connectivity index (χ2n) is 2.07. The minimum atomic E-state index is 0.827. The van der Waals surface area contributed by atoms with Crippen LogP contribution in [0, 0.1) is 5.92 Å². The van der Waals surface area contributed by atoms with Crippen LogP contribution in [0.25, 0.3) is 0 Å². The Morgan fingerprint density at radius 3 is 2.71 bits per heavy atom. The lowest BCUT2D eigenvalue weighted by atomic mass is 10.3. The number of hydrogen-bond acceptors (Lipinski definition) is 2. The molecule has 2 heteroatoms. The van der Waals surface area contributed by atoms with E-state index in [9.17, 15) is 0 Å². The average Bonchev–Trinajstić information content (AvgIpc) is 2.42. The predicted octanol–water partition coefficient (Wildman–Crippen LogP) is 1.65. The van der Waals surface area contributed by atoms with Gasteiger partial charge in [0.05, 0.1) is 6.61 Å². The molecule has 0 saturated heterocycles. The second-order valence-corrected chi connectivity index (χ2v) is 2.32. The lowest BCUT2D eigenvalue weighted by Crippen LogP contribution is -1.83. The van der Waals surface area contributed by atoms with E-state index in [1.807, 2.05) is 0 Å². The molecule has 0 amide bonds. The van der Waals surface area contributed by atoms with Crippen molar-refractivity contribution in [2.24, 2.45) is 5.92 Å². The molecule has 0 aliphatic heterocycles. The van der Waals surface area contributed by atoms with Gasteiger partial charge in [-0.3, -0.25) is 0 Å². The normalized spacial score (nSPS) is 20.1. The van der Waals surface area contributed by atoms with Crippen LogP contribution in [0.4, 0.5) is 0 Å². The van der Waals surface area contributed by atoms with Crippen molar-refractivity contribution in [3.05, 3.63) is 0 Å². The van der Waals surface area contributed by atoms with Gasteiger partial charge in [-0.2, -0.15) is 0 Å². The van der Waals surface area contributed by atoms with E-state index >= 15 is 0 Å². The first-order valence-electron chi connectivity index (χ1n) is 2.70. The number of hydrogen-bond donors (Lipinski definition) is 1. The van der Waals surface area contributed by atoms with Crippen LogP contribution in [-0.2, 0) is 4.18 Å². The van der Waals surface area contributed by atoms with Crippen molar-refractivity contribution in [2.45, 2.75) is 19.3 Å². The third kappa shape index (κ3) is 2.19. The summed E-state index contributed by atoms with van der Waals surface area (Å²) in [5.74, 6) is 0.979. The van der Waals surface area contributed by atoms with E-state index in [-0.39, 0.29) is 0 Å². The minimum absolute atomic E-state index is 0.827. The van der Waals surface area contributed by atoms with Crippen molar-refractivity contribution < 1.29 is 4.18 Å². The van der Waals surface area contributed by atoms with Gasteiger partial charge in [-0.25, -0.2) is 0 Å². The lowest BCUT2D eigenvalue weighted by Gasteiger charge is -1.89. The largest absolute Gasteiger partial charge is 0.318 e. The minimum Gasteiger partial charge on any atom is -0.318 e. The topological polar surface area (TPSA) is 9.23 Å². The molecule has 1 fully saturated rings. The molecule has 0 atom stereocenters. The maximum absolute atomic E-state index is 4.59. The van der Waals surface area contributed by atoms with Gasteiger partial charge in [-0.1, -0.05) is 12.8 Å². The highest BCUT2D eigenvalue weighted by Gasteiger charge is 2.19. The Kier molecular flexibility index (Phi) is 2.00. The molecule has 1 aliphatic carbocycles. The van der Waals surface area contributed by atoms with E-state index in [0.717, 1.165) is 12.5 Å². The summed E-state index contributed by atoms with van der Waals surface area (Å²) in [6.45, 7) is 0.827. The molecule has 0 aromatic rings. The Morgan fingerprint density at radius 1 is 1.57 bits per heavy atom. The van der Waals surface area contributed by atoms with Crippen LogP contribution in [0.1, 0.15) is 19.3 Å². The molecule has 0 N–H and O–H groups in total. The van der Waals surface area contributed by atoms with Crippen molar-refractivity contribution in [3.63, 3.8) is 0 Å². The van der Waals surface area contributed by atoms with Crippen LogP contribution in [0.3, 0.4) is 0 Å². The lowest BCUT2D eigenvalue weighted by molar-refractivity contribution is 0.360. The molecule has 0 radical (unpaired) electrons. The van der Waals surface area contributed by atoms with E-state index in [1.54, 1.807) is 0 Å². The van der Waals surface area contributed by atoms with Crippen LogP contribution in [0.2, 0.25) is 0 Å². The zero-order valence-corrected chi connectivity index (χ0v) is 5.16. The van der Waals surface area contributed by atoms with Crippen LogP contribution < -0.4 is 0 Å². The molecule has 0 bridgehead atoms. The Bertz CT molecular complexity index is 52.0. The molecule has 1 saturated carbocycles. The molecule has 0 spiro atoms. The molecule has 0 unspecified atom stereocenters. The Labute approximate surface area is 49.7 Å². The molecule has 1 nitrogen and oxygen atoms in total. The van der Waals surface area contributed by atoms with E-state index in [4.69, 9.17) is 0 Å². The van der Waals surface area contributed by atoms with Gasteiger partial charge in [0, 0.05) is 0 Å². The first-order valence-corrected chi connectivity index (χ1v) is 3.06. The summed E-state index contributed by atoms with van der Waals surface area (Å²) in [4.78, 5) is 0. The van der Waals surface area contributed by atoms with Crippen molar-refractivity contribution >= 4 is 12.9 Å². The van der Waals surface area contributed by atoms with Crippen LogP contribution in [0.5, 0.6) is 0 Å². The molecular formula is C5H10OS. The Balaban J connectivity index is 1.80. The standard InChI is InChI=1S/C5H10OS/c7-6-4-3-5-1-2-5/h5,7H,1-4H2. The monoisotopic (exact) mass is 118 g/mol. The fraction of sp³-hybridized carbons (Fsp3) is 1.00. The average molecular weight is 118 g/mol. The van der Waals surface area contributed by atoms with Gasteiger partial charge < -0.3 is 4.18 Å². The summed E-state index contributed by atoms with van der Waals surface area (Å²) in [6.07, 6.45) is 4.04. The Hall–Kier alpha value is 0.310. The van der Waals surface area contributed by atoms with Crippen molar-refractivity contribution in [1.29, 1.82) is 0 Å². The molecule has 0 aromatic heterocycles. The summed E-state index contributed by atoms with van der Waals surface area (Å²) < 4.78 is 4.59. The van der Waals surface area contributed by atoms with Crippen LogP contribution >= 0.6 is 12.9 Å². The van der Waals surface area contributed by atoms with E-state index in [2.05, 4.69) is 17.1 Å². The molecule has 7 heavy (non-hydrogen) atoms. The quantitative estimate of drug-likeness (QED) is 0.438. The van der Waals surface area contributed by atoms with Crippen LogP contribution in [-0.4, -0.2) is 6.61 Å². The first-order chi connectivity index (χ1) is 3.43. The van der Waals surface area contributed by atoms with E-state index < -0.39 is 0 Å². The summed E-state index contributed by atoms with van der Waals surface area (Å²) >= 11 is 3.62. The summed E-state index contributed by atoms with van der Waals surface area (Å²) in [6, 6.07) is 0. The van der Waals surface area contributed by atoms with E-state index in [0.29, 0.717) is 0 Å². The molecule has 0 heterocycles. The predicted molar refractivity (Wildman–Crippen MR) is 32.3 cm³/mol. The maximum Gasteiger partial charge on any atom is 0.0613 e. The highest BCUT2D eigenvalue weighted by Crippen LogP contribution is 2.32. The van der Waals surface area contributed by atoms with Crippen molar-refractivity contribution in [2.75, 3.05) is 6.61 Å². The molecule has 0 aromatic carbocycles. The van der Waals surface area contributed by atoms with E-state index in [1.165, 1.54) is 19.3 Å². The highest BCUT2D eigenvalue weighted by molar-refractivity contribution is 7.75. The van der Waals surface area contributed by atoms with Gasteiger partial charge in [0.1, 0.15) is 0 Å². The fourth-order valence-electron chi connectivity index (χ4n) is 0.626. The summed E-state index contributed by atoms with van der Waals surface area (Å²) in [5, 5.41) is 0. The first kappa shape index (κ1) is 5.45. The Morgan fingerprint density at radius 2 is 2.29 bits per heavy atom. The third-order valence-electron chi connectivity index (χ3n) is 1.31. The summed E-state index contributed by atoms with van der Waals surface area (Å²) in [5.41, 5.74) is 0. The third-order valence-corrected chi connectivity index (χ3v) is 1.50. The van der Waals surface area contributed by atoms with Gasteiger partial charge in [0.25, 0.3) is 0 Å². The number of rotatable bonds is 3. The van der Waals surface area contributed by atoms with Gasteiger partial charge in [-0.05, 0) is 25.2 Å². The highest BCUT2D eigenvalue weighted by atomic mass is 32.1. The van der Waals surface area contributed by atoms with Gasteiger partial charge in [0.15, 0.2) is 0 Å². The van der Waals surface area contributed by atoms with Gasteiger partial charge in [0.2, 0.25) is 0 Å². The molecule has 42 valence electrons. The summed E-state index contributed by atoms with van der Waals surface area (Å²) in [7, 11) is 0. The molecular weight excluding hydrogens is 108 g/mol. The van der Waals surface area contributed by atoms with Gasteiger partial charge >= 0.3 is 0 Å². The smallest absolute Gasteiger partial charge is 0.0613 e. The zero-order chi connectivity index (χ0) is 5.11. The number of thiol groups is 1. The van der Waals surface area contributed by atoms with Crippen LogP contribution in [0.15, 0.2) is 0 Å². The zero-order valence-electron chi connectivity index (χ0n) is 4.26. The maximum atomic E-state index is 4.59. The molecule has 1 aliphatic rings. The molecule has 1 rings (SSSR count). The SMILES string of the molecule is SOCCC1CC1.